The second-order valence-electron chi connectivity index (χ2n) is 5.83. The summed E-state index contributed by atoms with van der Waals surface area (Å²) in [5.74, 6) is 0.506. The molecule has 3 N–H and O–H groups in total. The maximum Gasteiger partial charge on any atom is 0.251 e. The van der Waals surface area contributed by atoms with E-state index in [2.05, 4.69) is 16.0 Å². The Bertz CT molecular complexity index is 537. The van der Waals surface area contributed by atoms with Crippen LogP contribution in [0.1, 0.15) is 42.1 Å². The molecule has 0 bridgehead atoms. The summed E-state index contributed by atoms with van der Waals surface area (Å²) in [7, 11) is 0. The highest BCUT2D eigenvalue weighted by molar-refractivity contribution is 5.97. The van der Waals surface area contributed by atoms with Gasteiger partial charge in [0.1, 0.15) is 0 Å². The summed E-state index contributed by atoms with van der Waals surface area (Å²) in [5.41, 5.74) is 2.25. The minimum atomic E-state index is -0.116. The molecule has 1 aliphatic heterocycles. The van der Waals surface area contributed by atoms with Crippen molar-refractivity contribution in [2.75, 3.05) is 25.0 Å². The van der Waals surface area contributed by atoms with Crippen molar-refractivity contribution in [1.29, 1.82) is 0 Å². The number of anilines is 1. The third-order valence-electron chi connectivity index (χ3n) is 4.05. The van der Waals surface area contributed by atoms with Gasteiger partial charge < -0.3 is 16.0 Å². The van der Waals surface area contributed by atoms with Crippen LogP contribution < -0.4 is 16.0 Å². The number of amides is 2. The topological polar surface area (TPSA) is 70.2 Å². The fourth-order valence-electron chi connectivity index (χ4n) is 2.67. The molecule has 2 amide bonds. The first-order valence-corrected chi connectivity index (χ1v) is 7.99. The lowest BCUT2D eigenvalue weighted by atomic mass is 10.0. The van der Waals surface area contributed by atoms with Gasteiger partial charge in [-0.2, -0.15) is 0 Å². The summed E-state index contributed by atoms with van der Waals surface area (Å²) in [6.45, 7) is 6.47. The van der Waals surface area contributed by atoms with Crippen molar-refractivity contribution >= 4 is 17.5 Å². The molecule has 1 fully saturated rings. The third-order valence-corrected chi connectivity index (χ3v) is 4.05. The third kappa shape index (κ3) is 4.56. The molecule has 1 saturated heterocycles. The second kappa shape index (κ2) is 7.94. The molecule has 0 aromatic heterocycles. The van der Waals surface area contributed by atoms with Crippen molar-refractivity contribution in [2.24, 2.45) is 5.92 Å². The van der Waals surface area contributed by atoms with E-state index in [1.165, 1.54) is 0 Å². The Labute approximate surface area is 131 Å². The van der Waals surface area contributed by atoms with Crippen LogP contribution in [-0.4, -0.2) is 31.4 Å². The zero-order chi connectivity index (χ0) is 15.9. The standard InChI is InChI=1S/C17H25N3O2/c1-3-19-17(22)14-6-4-12(2)15(10-14)20-16(21)7-5-13-8-9-18-11-13/h4,6,10,13,18H,3,5,7-9,11H2,1-2H3,(H,19,22)(H,20,21). The SMILES string of the molecule is CCNC(=O)c1ccc(C)c(NC(=O)CCC2CCNC2)c1. The van der Waals surface area contributed by atoms with Crippen LogP contribution >= 0.6 is 0 Å². The summed E-state index contributed by atoms with van der Waals surface area (Å²) in [6.07, 6.45) is 2.59. The molecule has 2 rings (SSSR count). The molecule has 0 aliphatic carbocycles. The number of carbonyl (C=O) groups excluding carboxylic acids is 2. The molecule has 5 heteroatoms. The monoisotopic (exact) mass is 303 g/mol. The normalized spacial score (nSPS) is 17.3. The lowest BCUT2D eigenvalue weighted by Gasteiger charge is -2.12. The van der Waals surface area contributed by atoms with Crippen LogP contribution in [0.5, 0.6) is 0 Å². The van der Waals surface area contributed by atoms with Gasteiger partial charge in [0, 0.05) is 24.2 Å². The van der Waals surface area contributed by atoms with Crippen molar-refractivity contribution in [1.82, 2.24) is 10.6 Å². The molecule has 1 atom stereocenters. The van der Waals surface area contributed by atoms with Crippen LogP contribution in [0.3, 0.4) is 0 Å². The number of benzene rings is 1. The molecule has 1 heterocycles. The Morgan fingerprint density at radius 1 is 1.36 bits per heavy atom. The highest BCUT2D eigenvalue weighted by Gasteiger charge is 2.16. The van der Waals surface area contributed by atoms with E-state index >= 15 is 0 Å². The van der Waals surface area contributed by atoms with Gasteiger partial charge in [-0.3, -0.25) is 9.59 Å². The fraction of sp³-hybridized carbons (Fsp3) is 0.529. The van der Waals surface area contributed by atoms with Gasteiger partial charge in [0.2, 0.25) is 5.91 Å². The van der Waals surface area contributed by atoms with E-state index in [4.69, 9.17) is 0 Å². The van der Waals surface area contributed by atoms with Crippen molar-refractivity contribution in [3.05, 3.63) is 29.3 Å². The van der Waals surface area contributed by atoms with E-state index in [-0.39, 0.29) is 11.8 Å². The number of hydrogen-bond acceptors (Lipinski definition) is 3. The van der Waals surface area contributed by atoms with E-state index in [9.17, 15) is 9.59 Å². The largest absolute Gasteiger partial charge is 0.352 e. The molecule has 1 aromatic rings. The molecular weight excluding hydrogens is 278 g/mol. The Hall–Kier alpha value is -1.88. The average Bonchev–Trinajstić information content (AvgIpc) is 3.01. The average molecular weight is 303 g/mol. The van der Waals surface area contributed by atoms with Crippen LogP contribution in [0.2, 0.25) is 0 Å². The zero-order valence-corrected chi connectivity index (χ0v) is 13.4. The molecule has 0 spiro atoms. The zero-order valence-electron chi connectivity index (χ0n) is 13.4. The maximum atomic E-state index is 12.1. The van der Waals surface area contributed by atoms with E-state index in [1.807, 2.05) is 19.9 Å². The Balaban J connectivity index is 1.93. The second-order valence-corrected chi connectivity index (χ2v) is 5.83. The molecule has 1 aliphatic rings. The number of nitrogens with one attached hydrogen (secondary N) is 3. The lowest BCUT2D eigenvalue weighted by Crippen LogP contribution is -2.23. The molecular formula is C17H25N3O2. The van der Waals surface area contributed by atoms with Crippen LogP contribution in [0.4, 0.5) is 5.69 Å². The number of rotatable bonds is 6. The number of hydrogen-bond donors (Lipinski definition) is 3. The van der Waals surface area contributed by atoms with Crippen LogP contribution in [0.25, 0.3) is 0 Å². The van der Waals surface area contributed by atoms with Crippen LogP contribution in [0, 0.1) is 12.8 Å². The summed E-state index contributed by atoms with van der Waals surface area (Å²) < 4.78 is 0. The predicted molar refractivity (Wildman–Crippen MR) is 88.0 cm³/mol. The van der Waals surface area contributed by atoms with Gasteiger partial charge in [-0.15, -0.1) is 0 Å². The van der Waals surface area contributed by atoms with Gasteiger partial charge in [-0.05, 0) is 63.4 Å². The quantitative estimate of drug-likeness (QED) is 0.753. The highest BCUT2D eigenvalue weighted by Crippen LogP contribution is 2.19. The molecule has 22 heavy (non-hydrogen) atoms. The predicted octanol–water partition coefficient (Wildman–Crippen LogP) is 2.07. The molecule has 5 nitrogen and oxygen atoms in total. The maximum absolute atomic E-state index is 12.1. The van der Waals surface area contributed by atoms with Gasteiger partial charge in [0.15, 0.2) is 0 Å². The molecule has 1 aromatic carbocycles. The number of aryl methyl sites for hydroxylation is 1. The van der Waals surface area contributed by atoms with Gasteiger partial charge >= 0.3 is 0 Å². The smallest absolute Gasteiger partial charge is 0.251 e. The first kappa shape index (κ1) is 16.5. The van der Waals surface area contributed by atoms with Crippen molar-refractivity contribution in [3.8, 4) is 0 Å². The van der Waals surface area contributed by atoms with Crippen molar-refractivity contribution in [3.63, 3.8) is 0 Å². The van der Waals surface area contributed by atoms with Gasteiger partial charge in [-0.1, -0.05) is 6.07 Å². The molecule has 120 valence electrons. The van der Waals surface area contributed by atoms with E-state index < -0.39 is 0 Å². The highest BCUT2D eigenvalue weighted by atomic mass is 16.2. The van der Waals surface area contributed by atoms with Crippen LogP contribution in [-0.2, 0) is 4.79 Å². The lowest BCUT2D eigenvalue weighted by molar-refractivity contribution is -0.116. The van der Waals surface area contributed by atoms with Gasteiger partial charge in [-0.25, -0.2) is 0 Å². The van der Waals surface area contributed by atoms with Gasteiger partial charge in [0.25, 0.3) is 5.91 Å². The van der Waals surface area contributed by atoms with E-state index in [0.29, 0.717) is 24.4 Å². The van der Waals surface area contributed by atoms with Crippen LogP contribution in [0.15, 0.2) is 18.2 Å². The Morgan fingerprint density at radius 3 is 2.86 bits per heavy atom. The van der Waals surface area contributed by atoms with Crippen molar-refractivity contribution < 1.29 is 9.59 Å². The van der Waals surface area contributed by atoms with Crippen molar-refractivity contribution in [2.45, 2.75) is 33.1 Å². The van der Waals surface area contributed by atoms with E-state index in [1.54, 1.807) is 12.1 Å². The first-order valence-electron chi connectivity index (χ1n) is 7.99. The summed E-state index contributed by atoms with van der Waals surface area (Å²) >= 11 is 0. The molecule has 0 radical (unpaired) electrons. The first-order chi connectivity index (χ1) is 10.6. The number of carbonyl (C=O) groups is 2. The summed E-state index contributed by atoms with van der Waals surface area (Å²) in [5, 5.41) is 9.01. The van der Waals surface area contributed by atoms with Gasteiger partial charge in [0.05, 0.1) is 0 Å². The summed E-state index contributed by atoms with van der Waals surface area (Å²) in [6, 6.07) is 5.39. The summed E-state index contributed by atoms with van der Waals surface area (Å²) in [4.78, 5) is 24.0. The Morgan fingerprint density at radius 2 is 2.18 bits per heavy atom. The fourth-order valence-corrected chi connectivity index (χ4v) is 2.67. The Kier molecular flexibility index (Phi) is 5.95. The minimum Gasteiger partial charge on any atom is -0.352 e. The van der Waals surface area contributed by atoms with E-state index in [0.717, 1.165) is 37.2 Å². The molecule has 1 unspecified atom stereocenters. The minimum absolute atomic E-state index is 0.0167. The molecule has 0 saturated carbocycles.